The third-order valence-electron chi connectivity index (χ3n) is 5.33. The fourth-order valence-corrected chi connectivity index (χ4v) is 4.33. The average Bonchev–Trinajstić information content (AvgIpc) is 3.22. The van der Waals surface area contributed by atoms with Crippen molar-refractivity contribution in [3.8, 4) is 0 Å². The predicted octanol–water partition coefficient (Wildman–Crippen LogP) is -2.68. The number of fused-ring (bicyclic) bond motifs is 1. The number of rotatable bonds is 6. The molecule has 3 heterocycles. The molecule has 2 aliphatic rings. The summed E-state index contributed by atoms with van der Waals surface area (Å²) in [6.07, 6.45) is 1.47. The first-order valence-electron chi connectivity index (χ1n) is 9.51. The first kappa shape index (κ1) is 25.0. The van der Waals surface area contributed by atoms with E-state index >= 15 is 0 Å². The minimum Gasteiger partial charge on any atom is -0.726 e. The zero-order chi connectivity index (χ0) is 21.5. The second kappa shape index (κ2) is 10.1. The molecule has 166 valence electrons. The Labute approximate surface area is 205 Å². The Bertz CT molecular complexity index is 1020. The summed E-state index contributed by atoms with van der Waals surface area (Å²) in [6, 6.07) is 0.240. The Morgan fingerprint density at radius 1 is 1.26 bits per heavy atom. The Morgan fingerprint density at radius 2 is 1.97 bits per heavy atom. The van der Waals surface area contributed by atoms with Gasteiger partial charge in [-0.1, -0.05) is 19.3 Å². The quantitative estimate of drug-likeness (QED) is 0.168. The van der Waals surface area contributed by atoms with Crippen LogP contribution < -0.4 is 34.9 Å². The molecule has 4 rings (SSSR count). The zero-order valence-electron chi connectivity index (χ0n) is 16.7. The van der Waals surface area contributed by atoms with Crippen LogP contribution in [0, 0.1) is 0 Å². The molecule has 2 aromatic rings. The average molecular weight is 486 g/mol. The Morgan fingerprint density at radius 3 is 2.65 bits per heavy atom. The summed E-state index contributed by atoms with van der Waals surface area (Å²) in [5.74, 6) is 0.459. The molecule has 1 saturated carbocycles. The number of hydrogen-bond acceptors (Lipinski definition) is 11. The summed E-state index contributed by atoms with van der Waals surface area (Å²) >= 11 is 6.09. The van der Waals surface area contributed by atoms with Crippen molar-refractivity contribution >= 4 is 39.0 Å². The van der Waals surface area contributed by atoms with Crippen LogP contribution in [0.15, 0.2) is 6.33 Å². The number of ether oxygens (including phenoxy) is 1. The summed E-state index contributed by atoms with van der Waals surface area (Å²) in [6.45, 7) is -0.739. The van der Waals surface area contributed by atoms with Crippen LogP contribution in [0.25, 0.3) is 11.2 Å². The summed E-state index contributed by atoms with van der Waals surface area (Å²) in [5.41, 5.74) is 0.680. The van der Waals surface area contributed by atoms with Gasteiger partial charge in [0.15, 0.2) is 23.2 Å². The predicted molar refractivity (Wildman–Crippen MR) is 102 cm³/mol. The summed E-state index contributed by atoms with van der Waals surface area (Å²) < 4.78 is 43.1. The fourth-order valence-electron chi connectivity index (χ4n) is 3.86. The van der Waals surface area contributed by atoms with E-state index in [0.717, 1.165) is 25.7 Å². The van der Waals surface area contributed by atoms with Gasteiger partial charge in [0.05, 0.1) is 12.9 Å². The van der Waals surface area contributed by atoms with Gasteiger partial charge in [-0.2, -0.15) is 9.97 Å². The molecule has 15 heteroatoms. The van der Waals surface area contributed by atoms with Crippen LogP contribution in [-0.2, 0) is 19.3 Å². The minimum absolute atomic E-state index is 0. The van der Waals surface area contributed by atoms with Crippen LogP contribution in [0.3, 0.4) is 0 Å². The van der Waals surface area contributed by atoms with Gasteiger partial charge in [-0.05, 0) is 24.4 Å². The molecule has 0 unspecified atom stereocenters. The topological polar surface area (TPSA) is 172 Å². The molecular weight excluding hydrogens is 465 g/mol. The van der Waals surface area contributed by atoms with Crippen molar-refractivity contribution in [1.82, 2.24) is 19.5 Å². The Balaban J connectivity index is 0.00000272. The van der Waals surface area contributed by atoms with E-state index in [0.29, 0.717) is 11.3 Å². The van der Waals surface area contributed by atoms with Crippen molar-refractivity contribution < 1.29 is 61.7 Å². The van der Waals surface area contributed by atoms with E-state index in [1.54, 1.807) is 0 Å². The van der Waals surface area contributed by atoms with Crippen LogP contribution in [-0.4, -0.2) is 73.7 Å². The first-order valence-corrected chi connectivity index (χ1v) is 11.2. The van der Waals surface area contributed by atoms with Crippen molar-refractivity contribution in [1.29, 1.82) is 0 Å². The maximum atomic E-state index is 10.7. The maximum Gasteiger partial charge on any atom is 1.00 e. The summed E-state index contributed by atoms with van der Waals surface area (Å²) in [7, 11) is -4.97. The normalized spacial score (nSPS) is 27.4. The van der Waals surface area contributed by atoms with Gasteiger partial charge < -0.3 is 24.8 Å². The van der Waals surface area contributed by atoms with Crippen molar-refractivity contribution in [2.75, 3.05) is 11.9 Å². The van der Waals surface area contributed by atoms with Gasteiger partial charge in [-0.25, -0.2) is 13.4 Å². The number of halogens is 1. The van der Waals surface area contributed by atoms with Crippen LogP contribution in [0.1, 0.15) is 38.3 Å². The zero-order valence-corrected chi connectivity index (χ0v) is 20.3. The molecule has 0 radical (unpaired) electrons. The molecule has 3 N–H and O–H groups in total. The number of anilines is 1. The van der Waals surface area contributed by atoms with E-state index in [1.807, 2.05) is 0 Å². The van der Waals surface area contributed by atoms with Crippen LogP contribution in [0.5, 0.6) is 0 Å². The van der Waals surface area contributed by atoms with E-state index in [1.165, 1.54) is 17.3 Å². The second-order valence-corrected chi connectivity index (χ2v) is 8.77. The van der Waals surface area contributed by atoms with E-state index in [9.17, 15) is 23.2 Å². The molecule has 0 spiro atoms. The minimum atomic E-state index is -4.97. The number of aliphatic hydroxyl groups excluding tert-OH is 2. The third kappa shape index (κ3) is 5.66. The standard InChI is InChI=1S/C16H22ClN5O7S.Na/c17-16-20-13(19-8-4-2-1-3-5-8)10-14(21-16)22(7-18-10)15-12(24)11(23)9(29-15)6-28-30(25,26)27;/h7-9,11-12,15,23-24H,1-6H2,(H,19,20,21)(H,25,26,27);/q;+1/p-1/t9-,11-,12-,15-;/m1./s1. The summed E-state index contributed by atoms with van der Waals surface area (Å²) in [4.78, 5) is 12.7. The Kier molecular flexibility index (Phi) is 8.17. The van der Waals surface area contributed by atoms with Crippen molar-refractivity contribution in [2.24, 2.45) is 0 Å². The van der Waals surface area contributed by atoms with Crippen LogP contribution >= 0.6 is 11.6 Å². The molecule has 12 nitrogen and oxygen atoms in total. The summed E-state index contributed by atoms with van der Waals surface area (Å²) in [5, 5.41) is 23.9. The van der Waals surface area contributed by atoms with Crippen LogP contribution in [0.2, 0.25) is 5.28 Å². The number of nitrogens with one attached hydrogen (secondary N) is 1. The van der Waals surface area contributed by atoms with E-state index < -0.39 is 41.5 Å². The molecule has 1 aliphatic heterocycles. The van der Waals surface area contributed by atoms with Gasteiger partial charge in [-0.3, -0.25) is 8.75 Å². The van der Waals surface area contributed by atoms with Crippen molar-refractivity contribution in [3.05, 3.63) is 11.6 Å². The molecule has 0 bridgehead atoms. The van der Waals surface area contributed by atoms with Gasteiger partial charge in [0, 0.05) is 6.04 Å². The molecule has 1 saturated heterocycles. The maximum absolute atomic E-state index is 10.7. The second-order valence-electron chi connectivity index (χ2n) is 7.38. The van der Waals surface area contributed by atoms with Crippen molar-refractivity contribution in [2.45, 2.75) is 62.7 Å². The van der Waals surface area contributed by atoms with Crippen LogP contribution in [0.4, 0.5) is 5.82 Å². The van der Waals surface area contributed by atoms with E-state index in [-0.39, 0.29) is 46.5 Å². The monoisotopic (exact) mass is 485 g/mol. The smallest absolute Gasteiger partial charge is 0.726 e. The Hall–Kier alpha value is -0.610. The first-order chi connectivity index (χ1) is 14.2. The van der Waals surface area contributed by atoms with E-state index in [2.05, 4.69) is 24.5 Å². The molecule has 2 fully saturated rings. The third-order valence-corrected chi connectivity index (χ3v) is 5.92. The van der Waals surface area contributed by atoms with E-state index in [4.69, 9.17) is 16.3 Å². The molecule has 0 amide bonds. The van der Waals surface area contributed by atoms with Gasteiger partial charge in [0.2, 0.25) is 15.7 Å². The number of aliphatic hydroxyl groups is 2. The fraction of sp³-hybridized carbons (Fsp3) is 0.688. The number of nitrogens with zero attached hydrogens (tertiary/aromatic N) is 4. The number of hydrogen-bond donors (Lipinski definition) is 3. The van der Waals surface area contributed by atoms with Gasteiger partial charge in [0.25, 0.3) is 0 Å². The van der Waals surface area contributed by atoms with Gasteiger partial charge in [0.1, 0.15) is 18.3 Å². The van der Waals surface area contributed by atoms with Gasteiger partial charge >= 0.3 is 29.6 Å². The van der Waals surface area contributed by atoms with Crippen molar-refractivity contribution in [3.63, 3.8) is 0 Å². The molecular formula is C16H21ClN5NaO7S. The largest absolute Gasteiger partial charge is 1.00 e. The molecule has 1 aliphatic carbocycles. The SMILES string of the molecule is O=S(=O)([O-])OC[C@H]1O[C@@H](n2cnc3c(NC4CCCCC4)nc(Cl)nc32)[C@H](O)[C@@H]1O.[Na+]. The molecule has 31 heavy (non-hydrogen) atoms. The number of aromatic nitrogens is 4. The van der Waals surface area contributed by atoms with Gasteiger partial charge in [-0.15, -0.1) is 0 Å². The number of imidazole rings is 1. The molecule has 0 aromatic carbocycles. The molecule has 4 atom stereocenters. The molecule has 2 aromatic heterocycles.